The van der Waals surface area contributed by atoms with Gasteiger partial charge in [-0.2, -0.15) is 0 Å². The Balaban J connectivity index is 1.35. The highest BCUT2D eigenvalue weighted by Crippen LogP contribution is 2.19. The molecular weight excluding hydrogens is 398 g/mol. The molecule has 6 nitrogen and oxygen atoms in total. The Morgan fingerprint density at radius 2 is 2.00 bits per heavy atom. The first-order valence-corrected chi connectivity index (χ1v) is 10.6. The summed E-state index contributed by atoms with van der Waals surface area (Å²) in [7, 11) is 0. The molecule has 0 spiro atoms. The summed E-state index contributed by atoms with van der Waals surface area (Å²) in [5, 5.41) is 6.68. The van der Waals surface area contributed by atoms with E-state index in [0.29, 0.717) is 43.2 Å². The summed E-state index contributed by atoms with van der Waals surface area (Å²) < 4.78 is 5.51. The Kier molecular flexibility index (Phi) is 7.28. The Morgan fingerprint density at radius 1 is 1.29 bits per heavy atom. The number of carbonyl (C=O) groups is 2. The van der Waals surface area contributed by atoms with Gasteiger partial charge >= 0.3 is 0 Å². The Labute approximate surface area is 173 Å². The van der Waals surface area contributed by atoms with Gasteiger partial charge in [0.2, 0.25) is 5.91 Å². The van der Waals surface area contributed by atoms with Crippen LogP contribution in [0.25, 0.3) is 0 Å². The third-order valence-corrected chi connectivity index (χ3v) is 5.82. The summed E-state index contributed by atoms with van der Waals surface area (Å²) in [6.07, 6.45) is 2.10. The van der Waals surface area contributed by atoms with Gasteiger partial charge < -0.3 is 15.0 Å². The lowest BCUT2D eigenvalue weighted by atomic mass is 9.96. The number of hydrogen-bond donors (Lipinski definition) is 1. The number of amides is 2. The van der Waals surface area contributed by atoms with Crippen LogP contribution >= 0.6 is 22.9 Å². The van der Waals surface area contributed by atoms with Gasteiger partial charge in [-0.1, -0.05) is 11.6 Å². The minimum absolute atomic E-state index is 0.00838. The van der Waals surface area contributed by atoms with Crippen LogP contribution < -0.4 is 10.1 Å². The fourth-order valence-electron chi connectivity index (χ4n) is 3.14. The van der Waals surface area contributed by atoms with E-state index >= 15 is 0 Å². The van der Waals surface area contributed by atoms with Gasteiger partial charge in [-0.25, -0.2) is 4.98 Å². The van der Waals surface area contributed by atoms with Crippen molar-refractivity contribution < 1.29 is 14.3 Å². The van der Waals surface area contributed by atoms with Crippen LogP contribution in [0.2, 0.25) is 5.02 Å². The van der Waals surface area contributed by atoms with Gasteiger partial charge in [-0.05, 0) is 44.0 Å². The number of halogens is 1. The molecule has 1 fully saturated rings. The van der Waals surface area contributed by atoms with Gasteiger partial charge in [0.15, 0.2) is 6.61 Å². The first-order valence-electron chi connectivity index (χ1n) is 9.36. The van der Waals surface area contributed by atoms with Crippen LogP contribution in [0.15, 0.2) is 29.6 Å². The number of nitrogens with zero attached hydrogens (tertiary/aromatic N) is 2. The fraction of sp³-hybridized carbons (Fsp3) is 0.450. The van der Waals surface area contributed by atoms with Crippen molar-refractivity contribution in [2.24, 2.45) is 5.92 Å². The predicted molar refractivity (Wildman–Crippen MR) is 110 cm³/mol. The molecule has 2 amide bonds. The second kappa shape index (κ2) is 9.89. The lowest BCUT2D eigenvalue weighted by Crippen LogP contribution is -2.44. The maximum absolute atomic E-state index is 12.3. The van der Waals surface area contributed by atoms with Crippen LogP contribution in [0.3, 0.4) is 0 Å². The van der Waals surface area contributed by atoms with E-state index in [1.165, 1.54) is 0 Å². The number of aromatic nitrogens is 1. The SMILES string of the molecule is Cc1nc(CCNC(=O)C2CCN(C(=O)COc3ccc(Cl)cc3)CC2)cs1. The van der Waals surface area contributed by atoms with E-state index < -0.39 is 0 Å². The number of thiazole rings is 1. The fourth-order valence-corrected chi connectivity index (χ4v) is 3.91. The van der Waals surface area contributed by atoms with Crippen molar-refractivity contribution in [3.8, 4) is 5.75 Å². The number of benzene rings is 1. The first-order chi connectivity index (χ1) is 13.5. The molecule has 8 heteroatoms. The van der Waals surface area contributed by atoms with E-state index in [0.717, 1.165) is 17.1 Å². The summed E-state index contributed by atoms with van der Waals surface area (Å²) in [4.78, 5) is 30.8. The third-order valence-electron chi connectivity index (χ3n) is 4.74. The highest BCUT2D eigenvalue weighted by Gasteiger charge is 2.27. The van der Waals surface area contributed by atoms with Crippen molar-refractivity contribution in [1.29, 1.82) is 0 Å². The molecule has 1 aromatic carbocycles. The zero-order valence-corrected chi connectivity index (χ0v) is 17.4. The van der Waals surface area contributed by atoms with Crippen molar-refractivity contribution in [2.45, 2.75) is 26.2 Å². The minimum atomic E-state index is -0.0623. The lowest BCUT2D eigenvalue weighted by Gasteiger charge is -2.31. The summed E-state index contributed by atoms with van der Waals surface area (Å²) in [5.74, 6) is 0.574. The van der Waals surface area contributed by atoms with E-state index in [1.54, 1.807) is 40.5 Å². The van der Waals surface area contributed by atoms with Gasteiger partial charge in [-0.15, -0.1) is 11.3 Å². The van der Waals surface area contributed by atoms with Gasteiger partial charge in [0.25, 0.3) is 5.91 Å². The maximum Gasteiger partial charge on any atom is 0.260 e. The zero-order chi connectivity index (χ0) is 19.9. The number of ether oxygens (including phenoxy) is 1. The molecule has 1 aliphatic rings. The third kappa shape index (κ3) is 5.94. The molecule has 2 aromatic rings. The maximum atomic E-state index is 12.3. The summed E-state index contributed by atoms with van der Waals surface area (Å²) in [5.41, 5.74) is 1.02. The average Bonchev–Trinajstić information content (AvgIpc) is 3.12. The van der Waals surface area contributed by atoms with Crippen LogP contribution in [0, 0.1) is 12.8 Å². The Hall–Kier alpha value is -2.12. The molecule has 3 rings (SSSR count). The molecule has 28 heavy (non-hydrogen) atoms. The van der Waals surface area contributed by atoms with Crippen LogP contribution in [0.4, 0.5) is 0 Å². The topological polar surface area (TPSA) is 71.5 Å². The minimum Gasteiger partial charge on any atom is -0.484 e. The molecule has 1 saturated heterocycles. The van der Waals surface area contributed by atoms with Crippen molar-refractivity contribution >= 4 is 34.8 Å². The van der Waals surface area contributed by atoms with Gasteiger partial charge in [0.1, 0.15) is 5.75 Å². The molecule has 0 aliphatic carbocycles. The van der Waals surface area contributed by atoms with Crippen molar-refractivity contribution in [1.82, 2.24) is 15.2 Å². The molecule has 0 saturated carbocycles. The van der Waals surface area contributed by atoms with Gasteiger partial charge in [-0.3, -0.25) is 9.59 Å². The Morgan fingerprint density at radius 3 is 2.64 bits per heavy atom. The smallest absolute Gasteiger partial charge is 0.260 e. The van der Waals surface area contributed by atoms with Crippen molar-refractivity contribution in [3.05, 3.63) is 45.4 Å². The molecule has 1 aromatic heterocycles. The predicted octanol–water partition coefficient (Wildman–Crippen LogP) is 3.08. The van der Waals surface area contributed by atoms with E-state index in [4.69, 9.17) is 16.3 Å². The molecule has 2 heterocycles. The number of aryl methyl sites for hydroxylation is 1. The second-order valence-electron chi connectivity index (χ2n) is 6.80. The quantitative estimate of drug-likeness (QED) is 0.745. The second-order valence-corrected chi connectivity index (χ2v) is 8.30. The average molecular weight is 422 g/mol. The number of nitrogens with one attached hydrogen (secondary N) is 1. The molecule has 0 bridgehead atoms. The molecule has 150 valence electrons. The highest BCUT2D eigenvalue weighted by molar-refractivity contribution is 7.09. The number of rotatable bonds is 7. The van der Waals surface area contributed by atoms with Crippen molar-refractivity contribution in [3.63, 3.8) is 0 Å². The number of piperidine rings is 1. The monoisotopic (exact) mass is 421 g/mol. The number of hydrogen-bond acceptors (Lipinski definition) is 5. The first kappa shape index (κ1) is 20.6. The van der Waals surface area contributed by atoms with E-state index in [9.17, 15) is 9.59 Å². The molecule has 1 aliphatic heterocycles. The molecule has 0 radical (unpaired) electrons. The van der Waals surface area contributed by atoms with Crippen LogP contribution in [0.1, 0.15) is 23.5 Å². The van der Waals surface area contributed by atoms with Crippen LogP contribution in [-0.2, 0) is 16.0 Å². The number of likely N-dealkylation sites (tertiary alicyclic amines) is 1. The van der Waals surface area contributed by atoms with Crippen molar-refractivity contribution in [2.75, 3.05) is 26.2 Å². The largest absolute Gasteiger partial charge is 0.484 e. The number of carbonyl (C=O) groups excluding carboxylic acids is 2. The van der Waals surface area contributed by atoms with Gasteiger partial charge in [0, 0.05) is 42.4 Å². The van der Waals surface area contributed by atoms with Crippen LogP contribution in [0.5, 0.6) is 5.75 Å². The van der Waals surface area contributed by atoms with Crippen LogP contribution in [-0.4, -0.2) is 47.9 Å². The zero-order valence-electron chi connectivity index (χ0n) is 15.8. The summed E-state index contributed by atoms with van der Waals surface area (Å²) in [6, 6.07) is 6.92. The molecule has 0 unspecified atom stereocenters. The summed E-state index contributed by atoms with van der Waals surface area (Å²) in [6.45, 7) is 3.71. The molecule has 0 atom stereocenters. The van der Waals surface area contributed by atoms with E-state index in [-0.39, 0.29) is 24.3 Å². The van der Waals surface area contributed by atoms with E-state index in [1.807, 2.05) is 12.3 Å². The normalized spacial score (nSPS) is 14.7. The molecular formula is C20H24ClN3O3S. The lowest BCUT2D eigenvalue weighted by molar-refractivity contribution is -0.137. The molecule has 1 N–H and O–H groups in total. The van der Waals surface area contributed by atoms with Gasteiger partial charge in [0.05, 0.1) is 10.7 Å². The Bertz CT molecular complexity index is 801. The van der Waals surface area contributed by atoms with E-state index in [2.05, 4.69) is 10.3 Å². The standard InChI is InChI=1S/C20H24ClN3O3S/c1-14-23-17(13-28-14)6-9-22-20(26)15-7-10-24(11-8-15)19(25)12-27-18-4-2-16(21)3-5-18/h2-5,13,15H,6-12H2,1H3,(H,22,26). The highest BCUT2D eigenvalue weighted by atomic mass is 35.5. The summed E-state index contributed by atoms with van der Waals surface area (Å²) >= 11 is 7.45.